The molecule has 0 aromatic rings. The molecule has 2 nitrogen and oxygen atoms in total. The van der Waals surface area contributed by atoms with E-state index < -0.39 is 17.6 Å². The molecule has 118 valence electrons. The minimum Gasteiger partial charge on any atom is -0.481 e. The molecule has 1 N–H and O–H groups in total. The molecular formula is C18H27FO2. The van der Waals surface area contributed by atoms with Crippen molar-refractivity contribution in [1.29, 1.82) is 0 Å². The number of hydrogen-bond acceptors (Lipinski definition) is 1. The van der Waals surface area contributed by atoms with E-state index in [0.717, 1.165) is 12.3 Å². The molecule has 3 heteroatoms. The van der Waals surface area contributed by atoms with Crippen LogP contribution < -0.4 is 0 Å². The smallest absolute Gasteiger partial charge is 0.313 e. The number of hydrogen-bond donors (Lipinski definition) is 1. The number of halogens is 1. The molecule has 0 amide bonds. The monoisotopic (exact) mass is 294 g/mol. The number of rotatable bonds is 6. The van der Waals surface area contributed by atoms with Gasteiger partial charge in [0.05, 0.1) is 0 Å². The summed E-state index contributed by atoms with van der Waals surface area (Å²) in [6.45, 7) is 2.23. The summed E-state index contributed by atoms with van der Waals surface area (Å²) in [6, 6.07) is 0. The molecule has 0 aromatic heterocycles. The van der Waals surface area contributed by atoms with Gasteiger partial charge in [-0.1, -0.05) is 63.7 Å². The van der Waals surface area contributed by atoms with Gasteiger partial charge in [-0.3, -0.25) is 4.79 Å². The summed E-state index contributed by atoms with van der Waals surface area (Å²) in [6.07, 6.45) is 14.8. The molecule has 0 spiro atoms. The van der Waals surface area contributed by atoms with Crippen LogP contribution in [0.3, 0.4) is 0 Å². The Kier molecular flexibility index (Phi) is 5.60. The van der Waals surface area contributed by atoms with Crippen molar-refractivity contribution in [1.82, 2.24) is 0 Å². The van der Waals surface area contributed by atoms with Gasteiger partial charge in [-0.2, -0.15) is 0 Å². The van der Waals surface area contributed by atoms with E-state index >= 15 is 0 Å². The van der Waals surface area contributed by atoms with E-state index in [1.165, 1.54) is 50.7 Å². The minimum absolute atomic E-state index is 0.327. The van der Waals surface area contributed by atoms with E-state index in [1.54, 1.807) is 12.2 Å². The molecule has 0 aliphatic heterocycles. The van der Waals surface area contributed by atoms with Gasteiger partial charge >= 0.3 is 5.97 Å². The van der Waals surface area contributed by atoms with Crippen LogP contribution in [0.25, 0.3) is 0 Å². The fraction of sp³-hybridized carbons (Fsp3) is 0.722. The van der Waals surface area contributed by atoms with E-state index in [4.69, 9.17) is 0 Å². The van der Waals surface area contributed by atoms with Crippen LogP contribution in [0.2, 0.25) is 0 Å². The summed E-state index contributed by atoms with van der Waals surface area (Å²) in [5, 5.41) is 9.18. The van der Waals surface area contributed by atoms with Crippen molar-refractivity contribution in [2.24, 2.45) is 17.8 Å². The first-order valence-corrected chi connectivity index (χ1v) is 8.33. The van der Waals surface area contributed by atoms with Crippen molar-refractivity contribution >= 4 is 5.97 Å². The molecule has 0 saturated heterocycles. The molecule has 1 saturated carbocycles. The maximum absolute atomic E-state index is 14.9. The zero-order valence-corrected chi connectivity index (χ0v) is 12.9. The molecule has 2 aliphatic carbocycles. The molecule has 0 radical (unpaired) electrons. The largest absolute Gasteiger partial charge is 0.481 e. The van der Waals surface area contributed by atoms with Gasteiger partial charge < -0.3 is 5.11 Å². The quantitative estimate of drug-likeness (QED) is 0.756. The van der Waals surface area contributed by atoms with Gasteiger partial charge in [0.25, 0.3) is 0 Å². The van der Waals surface area contributed by atoms with Crippen LogP contribution in [0.15, 0.2) is 24.3 Å². The van der Waals surface area contributed by atoms with Gasteiger partial charge in [0, 0.05) is 0 Å². The Morgan fingerprint density at radius 3 is 2.38 bits per heavy atom. The van der Waals surface area contributed by atoms with E-state index in [9.17, 15) is 14.3 Å². The van der Waals surface area contributed by atoms with Gasteiger partial charge in [0.2, 0.25) is 0 Å². The fourth-order valence-electron chi connectivity index (χ4n) is 3.82. The van der Waals surface area contributed by atoms with Crippen molar-refractivity contribution in [3.05, 3.63) is 24.3 Å². The Labute approximate surface area is 127 Å². The topological polar surface area (TPSA) is 37.3 Å². The third-order valence-electron chi connectivity index (χ3n) is 5.17. The average molecular weight is 294 g/mol. The number of carboxylic acid groups (broad SMARTS) is 1. The van der Waals surface area contributed by atoms with Crippen molar-refractivity contribution in [2.75, 3.05) is 0 Å². The molecule has 2 unspecified atom stereocenters. The van der Waals surface area contributed by atoms with Crippen molar-refractivity contribution in [3.63, 3.8) is 0 Å². The van der Waals surface area contributed by atoms with Crippen LogP contribution in [0.1, 0.15) is 58.3 Å². The maximum Gasteiger partial charge on any atom is 0.313 e. The van der Waals surface area contributed by atoms with Crippen LogP contribution in [-0.2, 0) is 4.79 Å². The third kappa shape index (κ3) is 4.18. The number of aliphatic carboxylic acids is 1. The number of allylic oxidation sites excluding steroid dienone is 3. The molecule has 2 aliphatic rings. The molecule has 2 rings (SSSR count). The summed E-state index contributed by atoms with van der Waals surface area (Å²) in [4.78, 5) is 11.2. The highest BCUT2D eigenvalue weighted by molar-refractivity contribution is 5.75. The average Bonchev–Trinajstić information content (AvgIpc) is 2.47. The Balaban J connectivity index is 1.84. The first-order valence-electron chi connectivity index (χ1n) is 8.33. The molecule has 0 aromatic carbocycles. The Hall–Kier alpha value is -1.12. The molecule has 2 atom stereocenters. The van der Waals surface area contributed by atoms with Crippen LogP contribution in [0.5, 0.6) is 0 Å². The standard InChI is InChI=1S/C18H27FO2/c1-2-5-14-7-9-15(10-8-14)11-13-18(19)12-4-3-6-16(18)17(20)21/h3-4,6,12,14-16H,2,5,7-11,13H2,1H3,(H,20,21). The Morgan fingerprint density at radius 2 is 1.81 bits per heavy atom. The lowest BCUT2D eigenvalue weighted by Gasteiger charge is -2.32. The van der Waals surface area contributed by atoms with Crippen molar-refractivity contribution < 1.29 is 14.3 Å². The number of carbonyl (C=O) groups is 1. The summed E-state index contributed by atoms with van der Waals surface area (Å²) < 4.78 is 14.9. The summed E-state index contributed by atoms with van der Waals surface area (Å²) in [7, 11) is 0. The minimum atomic E-state index is -1.71. The lowest BCUT2D eigenvalue weighted by atomic mass is 9.75. The van der Waals surface area contributed by atoms with Gasteiger partial charge in [0.1, 0.15) is 11.6 Å². The second-order valence-corrected chi connectivity index (χ2v) is 6.70. The highest BCUT2D eigenvalue weighted by Crippen LogP contribution is 2.39. The maximum atomic E-state index is 14.9. The van der Waals surface area contributed by atoms with Gasteiger partial charge in [-0.15, -0.1) is 0 Å². The van der Waals surface area contributed by atoms with E-state index in [1.807, 2.05) is 0 Å². The van der Waals surface area contributed by atoms with Gasteiger partial charge in [0.15, 0.2) is 0 Å². The molecule has 0 bridgehead atoms. The predicted molar refractivity (Wildman–Crippen MR) is 82.8 cm³/mol. The first kappa shape index (κ1) is 16.3. The molecule has 21 heavy (non-hydrogen) atoms. The zero-order valence-electron chi connectivity index (χ0n) is 12.9. The van der Waals surface area contributed by atoms with Crippen molar-refractivity contribution in [2.45, 2.75) is 64.0 Å². The van der Waals surface area contributed by atoms with Crippen molar-refractivity contribution in [3.8, 4) is 0 Å². The Morgan fingerprint density at radius 1 is 1.19 bits per heavy atom. The Bertz CT molecular complexity index is 407. The predicted octanol–water partition coefficient (Wildman–Crippen LogP) is 4.91. The normalized spacial score (nSPS) is 35.8. The second kappa shape index (κ2) is 7.24. The van der Waals surface area contributed by atoms with Crippen LogP contribution >= 0.6 is 0 Å². The summed E-state index contributed by atoms with van der Waals surface area (Å²) in [5.74, 6) is -0.668. The zero-order chi connectivity index (χ0) is 15.3. The lowest BCUT2D eigenvalue weighted by molar-refractivity contribution is -0.144. The first-order chi connectivity index (χ1) is 10.0. The highest BCUT2D eigenvalue weighted by Gasteiger charge is 2.41. The highest BCUT2D eigenvalue weighted by atomic mass is 19.1. The molecule has 1 fully saturated rings. The summed E-state index contributed by atoms with van der Waals surface area (Å²) in [5.41, 5.74) is -1.71. The third-order valence-corrected chi connectivity index (χ3v) is 5.17. The fourth-order valence-corrected chi connectivity index (χ4v) is 3.82. The SMILES string of the molecule is CCCC1CCC(CCC2(F)C=CC=CC2C(=O)O)CC1. The van der Waals surface area contributed by atoms with Crippen LogP contribution in [0.4, 0.5) is 4.39 Å². The molecular weight excluding hydrogens is 267 g/mol. The lowest BCUT2D eigenvalue weighted by Crippen LogP contribution is -2.37. The number of carboxylic acids is 1. The van der Waals surface area contributed by atoms with E-state index in [-0.39, 0.29) is 0 Å². The second-order valence-electron chi connectivity index (χ2n) is 6.70. The summed E-state index contributed by atoms with van der Waals surface area (Å²) >= 11 is 0. The van der Waals surface area contributed by atoms with Crippen LogP contribution in [-0.4, -0.2) is 16.7 Å². The van der Waals surface area contributed by atoms with Gasteiger partial charge in [-0.05, 0) is 30.8 Å². The van der Waals surface area contributed by atoms with Gasteiger partial charge in [-0.25, -0.2) is 4.39 Å². The number of alkyl halides is 1. The van der Waals surface area contributed by atoms with Crippen LogP contribution in [0, 0.1) is 17.8 Å². The van der Waals surface area contributed by atoms with E-state index in [0.29, 0.717) is 12.3 Å². The van der Waals surface area contributed by atoms with E-state index in [2.05, 4.69) is 6.92 Å². The molecule has 0 heterocycles.